The molecule has 0 radical (unpaired) electrons. The highest BCUT2D eigenvalue weighted by atomic mass is 19.4. The predicted octanol–water partition coefficient (Wildman–Crippen LogP) is 5.22. The Morgan fingerprint density at radius 2 is 1.47 bits per heavy atom. The van der Waals surface area contributed by atoms with Gasteiger partial charge in [0.2, 0.25) is 0 Å². The van der Waals surface area contributed by atoms with Crippen LogP contribution in [-0.4, -0.2) is 5.60 Å². The van der Waals surface area contributed by atoms with Crippen molar-refractivity contribution in [3.05, 3.63) is 29.3 Å². The number of aryl methyl sites for hydroxylation is 1. The Labute approximate surface area is 112 Å². The van der Waals surface area contributed by atoms with Crippen molar-refractivity contribution >= 4 is 0 Å². The van der Waals surface area contributed by atoms with Crippen molar-refractivity contribution in [2.45, 2.75) is 53.3 Å². The van der Waals surface area contributed by atoms with Gasteiger partial charge in [-0.1, -0.05) is 26.8 Å². The largest absolute Gasteiger partial charge is 0.487 e. The van der Waals surface area contributed by atoms with Crippen molar-refractivity contribution in [3.63, 3.8) is 0 Å². The lowest BCUT2D eigenvalue weighted by Gasteiger charge is -2.39. The van der Waals surface area contributed by atoms with Crippen LogP contribution in [0.5, 0.6) is 5.75 Å². The van der Waals surface area contributed by atoms with Crippen LogP contribution in [-0.2, 0) is 6.18 Å². The summed E-state index contributed by atoms with van der Waals surface area (Å²) in [5, 5.41) is 0. The van der Waals surface area contributed by atoms with E-state index in [-0.39, 0.29) is 16.7 Å². The van der Waals surface area contributed by atoms with Crippen molar-refractivity contribution < 1.29 is 17.9 Å². The summed E-state index contributed by atoms with van der Waals surface area (Å²) in [6.07, 6.45) is -4.35. The third-order valence-corrected chi connectivity index (χ3v) is 3.69. The Morgan fingerprint density at radius 1 is 0.947 bits per heavy atom. The molecule has 0 spiro atoms. The van der Waals surface area contributed by atoms with E-state index < -0.39 is 17.3 Å². The molecule has 4 heteroatoms. The highest BCUT2D eigenvalue weighted by molar-refractivity contribution is 5.37. The number of alkyl halides is 3. The molecule has 0 aromatic heterocycles. The van der Waals surface area contributed by atoms with E-state index >= 15 is 0 Å². The van der Waals surface area contributed by atoms with Crippen LogP contribution in [0.3, 0.4) is 0 Å². The minimum Gasteiger partial charge on any atom is -0.487 e. The Morgan fingerprint density at radius 3 is 1.89 bits per heavy atom. The van der Waals surface area contributed by atoms with E-state index in [0.29, 0.717) is 0 Å². The zero-order chi connectivity index (χ0) is 15.1. The summed E-state index contributed by atoms with van der Waals surface area (Å²) in [5.41, 5.74) is -1.19. The first kappa shape index (κ1) is 15.9. The lowest BCUT2D eigenvalue weighted by Crippen LogP contribution is -2.42. The molecule has 0 atom stereocenters. The Kier molecular flexibility index (Phi) is 3.95. The van der Waals surface area contributed by atoms with Gasteiger partial charge in [-0.2, -0.15) is 13.2 Å². The maximum absolute atomic E-state index is 12.8. The van der Waals surface area contributed by atoms with Crippen LogP contribution in [0, 0.1) is 12.3 Å². The fourth-order valence-electron chi connectivity index (χ4n) is 1.42. The van der Waals surface area contributed by atoms with Gasteiger partial charge in [-0.05, 0) is 38.5 Å². The van der Waals surface area contributed by atoms with E-state index in [1.54, 1.807) is 6.07 Å². The molecule has 1 rings (SSSR count). The highest BCUT2D eigenvalue weighted by Gasteiger charge is 2.36. The van der Waals surface area contributed by atoms with Gasteiger partial charge in [-0.25, -0.2) is 0 Å². The fraction of sp³-hybridized carbons (Fsp3) is 0.600. The fourth-order valence-corrected chi connectivity index (χ4v) is 1.42. The van der Waals surface area contributed by atoms with Gasteiger partial charge in [0.1, 0.15) is 11.4 Å². The van der Waals surface area contributed by atoms with Crippen molar-refractivity contribution in [3.8, 4) is 5.75 Å². The second-order valence-electron chi connectivity index (χ2n) is 6.34. The molecule has 0 heterocycles. The van der Waals surface area contributed by atoms with E-state index in [2.05, 4.69) is 0 Å². The summed E-state index contributed by atoms with van der Waals surface area (Å²) in [4.78, 5) is 0. The first-order valence-electron chi connectivity index (χ1n) is 6.21. The minimum absolute atomic E-state index is 0.184. The van der Waals surface area contributed by atoms with Crippen LogP contribution in [0.1, 0.15) is 45.7 Å². The molecule has 0 unspecified atom stereocenters. The second kappa shape index (κ2) is 4.73. The molecule has 1 aromatic rings. The summed E-state index contributed by atoms with van der Waals surface area (Å²) >= 11 is 0. The summed E-state index contributed by atoms with van der Waals surface area (Å²) < 4.78 is 44.3. The van der Waals surface area contributed by atoms with E-state index in [9.17, 15) is 13.2 Å². The van der Waals surface area contributed by atoms with E-state index in [1.807, 2.05) is 34.6 Å². The second-order valence-corrected chi connectivity index (χ2v) is 6.34. The Balaban J connectivity index is 3.12. The van der Waals surface area contributed by atoms with E-state index in [1.165, 1.54) is 13.0 Å². The summed E-state index contributed by atoms with van der Waals surface area (Å²) in [6.45, 7) is 11.2. The third kappa shape index (κ3) is 3.64. The molecule has 0 saturated heterocycles. The number of hydrogen-bond acceptors (Lipinski definition) is 1. The molecular weight excluding hydrogens is 253 g/mol. The van der Waals surface area contributed by atoms with Gasteiger partial charge in [0, 0.05) is 5.41 Å². The van der Waals surface area contributed by atoms with Crippen molar-refractivity contribution in [1.82, 2.24) is 0 Å². The lowest BCUT2D eigenvalue weighted by molar-refractivity contribution is -0.138. The summed E-state index contributed by atoms with van der Waals surface area (Å²) in [5.74, 6) is 0.248. The molecule has 0 aliphatic rings. The summed E-state index contributed by atoms with van der Waals surface area (Å²) in [6, 6.07) is 4.10. The Bertz CT molecular complexity index is 453. The lowest BCUT2D eigenvalue weighted by atomic mass is 9.79. The van der Waals surface area contributed by atoms with Crippen molar-refractivity contribution in [2.75, 3.05) is 0 Å². The normalized spacial score (nSPS) is 13.5. The molecule has 0 bridgehead atoms. The highest BCUT2D eigenvalue weighted by Crippen LogP contribution is 2.38. The van der Waals surface area contributed by atoms with Gasteiger partial charge in [0.25, 0.3) is 0 Å². The molecule has 19 heavy (non-hydrogen) atoms. The zero-order valence-electron chi connectivity index (χ0n) is 12.3. The molecule has 0 aliphatic carbocycles. The number of benzene rings is 1. The maximum Gasteiger partial charge on any atom is 0.416 e. The molecule has 1 nitrogen and oxygen atoms in total. The number of hydrogen-bond donors (Lipinski definition) is 0. The van der Waals surface area contributed by atoms with Gasteiger partial charge in [0.15, 0.2) is 0 Å². The molecule has 0 saturated carbocycles. The van der Waals surface area contributed by atoms with E-state index in [4.69, 9.17) is 4.74 Å². The van der Waals surface area contributed by atoms with Gasteiger partial charge in [-0.15, -0.1) is 0 Å². The standard InChI is InChI=1S/C15H21F3O/c1-10-7-8-11(9-12(10)15(16,17)18)19-14(5,6)13(2,3)4/h7-9H,1-6H3. The van der Waals surface area contributed by atoms with Gasteiger partial charge in [-0.3, -0.25) is 0 Å². The first-order valence-corrected chi connectivity index (χ1v) is 6.21. The smallest absolute Gasteiger partial charge is 0.416 e. The SMILES string of the molecule is Cc1ccc(OC(C)(C)C(C)(C)C)cc1C(F)(F)F. The monoisotopic (exact) mass is 274 g/mol. The van der Waals surface area contributed by atoms with Crippen LogP contribution < -0.4 is 4.74 Å². The van der Waals surface area contributed by atoms with E-state index in [0.717, 1.165) is 6.07 Å². The minimum atomic E-state index is -4.35. The molecule has 0 aliphatic heterocycles. The molecule has 0 amide bonds. The van der Waals surface area contributed by atoms with Gasteiger partial charge in [0.05, 0.1) is 5.56 Å². The molecule has 0 fully saturated rings. The van der Waals surface area contributed by atoms with Crippen molar-refractivity contribution in [2.24, 2.45) is 5.41 Å². The first-order chi connectivity index (χ1) is 8.34. The van der Waals surface area contributed by atoms with Crippen LogP contribution >= 0.6 is 0 Å². The number of ether oxygens (including phenoxy) is 1. The quantitative estimate of drug-likeness (QED) is 0.718. The topological polar surface area (TPSA) is 9.23 Å². The Hall–Kier alpha value is -1.19. The molecule has 108 valence electrons. The molecule has 1 aromatic carbocycles. The van der Waals surface area contributed by atoms with Crippen LogP contribution in [0.2, 0.25) is 0 Å². The maximum atomic E-state index is 12.8. The van der Waals surface area contributed by atoms with Crippen LogP contribution in [0.4, 0.5) is 13.2 Å². The third-order valence-electron chi connectivity index (χ3n) is 3.69. The van der Waals surface area contributed by atoms with Crippen LogP contribution in [0.15, 0.2) is 18.2 Å². The predicted molar refractivity (Wildman–Crippen MR) is 70.3 cm³/mol. The van der Waals surface area contributed by atoms with Gasteiger partial charge < -0.3 is 4.74 Å². The zero-order valence-corrected chi connectivity index (χ0v) is 12.3. The molecule has 0 N–H and O–H groups in total. The number of rotatable bonds is 2. The van der Waals surface area contributed by atoms with Crippen molar-refractivity contribution in [1.29, 1.82) is 0 Å². The van der Waals surface area contributed by atoms with Crippen LogP contribution in [0.25, 0.3) is 0 Å². The van der Waals surface area contributed by atoms with Gasteiger partial charge >= 0.3 is 6.18 Å². The summed E-state index contributed by atoms with van der Waals surface area (Å²) in [7, 11) is 0. The average Bonchev–Trinajstić information content (AvgIpc) is 2.17. The number of halogens is 3. The average molecular weight is 274 g/mol. The molecular formula is C15H21F3O.